The minimum Gasteiger partial charge on any atom is -0.351 e. The number of hydrogen-bond acceptors (Lipinski definition) is 18. The molecule has 0 saturated carbocycles. The van der Waals surface area contributed by atoms with Gasteiger partial charge in [-0.3, -0.25) is 47.9 Å². The molecule has 16 bridgehead atoms. The number of nitrogens with two attached hydrogens (primary N) is 2. The quantitative estimate of drug-likeness (QED) is 0.0751. The van der Waals surface area contributed by atoms with Crippen molar-refractivity contribution in [3.8, 4) is 0 Å². The fraction of sp³-hybridized carbons (Fsp3) is 0.308. The lowest BCUT2D eigenvalue weighted by atomic mass is 10.2. The van der Waals surface area contributed by atoms with Gasteiger partial charge in [-0.05, 0) is 37.1 Å². The van der Waals surface area contributed by atoms with Gasteiger partial charge >= 0.3 is 0 Å². The van der Waals surface area contributed by atoms with Crippen LogP contribution in [0.1, 0.15) is 76.0 Å². The van der Waals surface area contributed by atoms with Crippen LogP contribution in [0, 0.1) is 0 Å². The normalized spacial score (nSPS) is 20.1. The lowest BCUT2D eigenvalue weighted by molar-refractivity contribution is -0.123. The predicted molar refractivity (Wildman–Crippen MR) is 309 cm³/mol. The van der Waals surface area contributed by atoms with Gasteiger partial charge in [0.05, 0.1) is 34.8 Å². The highest BCUT2D eigenvalue weighted by atomic mass is 16.2. The van der Waals surface area contributed by atoms with Crippen LogP contribution in [0.3, 0.4) is 0 Å². The first-order valence-corrected chi connectivity index (χ1v) is 26.5. The monoisotopic (exact) mass is 1180 g/mol. The minimum atomic E-state index is -1.09. The summed E-state index contributed by atoms with van der Waals surface area (Å²) >= 11 is 0. The Morgan fingerprint density at radius 2 is 0.698 bits per heavy atom. The van der Waals surface area contributed by atoms with Crippen molar-refractivity contribution >= 4 is 93.5 Å². The number of fused-ring (bicyclic) bond motifs is 16. The average molecular weight is 1190 g/mol. The summed E-state index contributed by atoms with van der Waals surface area (Å²) < 4.78 is 8.74. The first-order chi connectivity index (χ1) is 40.8. The van der Waals surface area contributed by atoms with Crippen molar-refractivity contribution in [2.24, 2.45) is 53.8 Å². The molecule has 0 saturated heterocycles. The number of carbonyl (C=O) groups excluding carboxylic acids is 10. The molecule has 0 aromatic carbocycles. The summed E-state index contributed by atoms with van der Waals surface area (Å²) in [7, 11) is 12.7. The van der Waals surface area contributed by atoms with E-state index in [-0.39, 0.29) is 106 Å². The van der Waals surface area contributed by atoms with E-state index in [2.05, 4.69) is 73.8 Å². The van der Waals surface area contributed by atoms with Crippen LogP contribution in [0.25, 0.3) is 0 Å². The zero-order valence-electron chi connectivity index (χ0n) is 47.8. The van der Waals surface area contributed by atoms with E-state index in [1.54, 1.807) is 56.4 Å². The Morgan fingerprint density at radius 1 is 0.384 bits per heavy atom. The van der Waals surface area contributed by atoms with E-state index in [0.29, 0.717) is 0 Å². The maximum Gasteiger partial charge on any atom is 0.291 e. The number of nitrogens with zero attached hydrogens (tertiary/aromatic N) is 10. The molecule has 34 heteroatoms. The summed E-state index contributed by atoms with van der Waals surface area (Å²) in [6.45, 7) is -0.0233. The molecule has 6 aromatic heterocycles. The minimum absolute atomic E-state index is 0.0116. The molecule has 9 heterocycles. The molecule has 0 fully saturated rings. The summed E-state index contributed by atoms with van der Waals surface area (Å²) in [5.74, 6) is -5.69. The number of carbonyl (C=O) groups is 10. The van der Waals surface area contributed by atoms with E-state index in [9.17, 15) is 47.9 Å². The Labute approximate surface area is 489 Å². The Balaban J connectivity index is 0.862. The third-order valence-electron chi connectivity index (χ3n) is 13.9. The van der Waals surface area contributed by atoms with E-state index >= 15 is 0 Å². The van der Waals surface area contributed by atoms with Crippen LogP contribution >= 0.6 is 0 Å². The molecule has 0 aliphatic carbocycles. The number of anilines is 6. The van der Waals surface area contributed by atoms with Crippen LogP contribution in [-0.4, -0.2) is 158 Å². The third-order valence-corrected chi connectivity index (χ3v) is 13.9. The summed E-state index contributed by atoms with van der Waals surface area (Å²) in [4.78, 5) is 145. The van der Waals surface area contributed by atoms with Crippen LogP contribution in [0.15, 0.2) is 85.5 Å². The predicted octanol–water partition coefficient (Wildman–Crippen LogP) is -2.45. The van der Waals surface area contributed by atoms with Crippen molar-refractivity contribution in [1.82, 2.24) is 79.1 Å². The highest BCUT2D eigenvalue weighted by Crippen LogP contribution is 2.22. The van der Waals surface area contributed by atoms with E-state index in [1.165, 1.54) is 111 Å². The molecule has 3 aliphatic heterocycles. The number of aryl methyl sites for hydroxylation is 6. The van der Waals surface area contributed by atoms with Crippen molar-refractivity contribution in [3.05, 3.63) is 120 Å². The van der Waals surface area contributed by atoms with Crippen molar-refractivity contribution in [2.45, 2.75) is 37.3 Å². The lowest BCUT2D eigenvalue weighted by Crippen LogP contribution is -2.48. The number of nitrogens with one attached hydrogen (secondary N) is 12. The van der Waals surface area contributed by atoms with Crippen LogP contribution in [0.2, 0.25) is 0 Å². The lowest BCUT2D eigenvalue weighted by Gasteiger charge is -2.20. The van der Waals surface area contributed by atoms with Gasteiger partial charge in [-0.1, -0.05) is 0 Å². The van der Waals surface area contributed by atoms with Crippen molar-refractivity contribution in [1.29, 1.82) is 0 Å². The van der Waals surface area contributed by atoms with Gasteiger partial charge in [-0.25, -0.2) is 9.97 Å². The van der Waals surface area contributed by atoms with Gasteiger partial charge in [-0.15, -0.1) is 0 Å². The molecule has 34 nitrogen and oxygen atoms in total. The van der Waals surface area contributed by atoms with Crippen LogP contribution in [-0.2, 0) is 61.5 Å². The largest absolute Gasteiger partial charge is 0.351 e. The number of amides is 10. The van der Waals surface area contributed by atoms with Gasteiger partial charge in [0, 0.05) is 119 Å². The van der Waals surface area contributed by atoms with E-state index in [1.807, 2.05) is 0 Å². The van der Waals surface area contributed by atoms with Crippen LogP contribution < -0.4 is 75.3 Å². The molecule has 0 radical (unpaired) electrons. The number of hydrogen-bond donors (Lipinski definition) is 14. The van der Waals surface area contributed by atoms with Gasteiger partial charge in [0.2, 0.25) is 23.5 Å². The first-order valence-electron chi connectivity index (χ1n) is 26.5. The second-order valence-corrected chi connectivity index (χ2v) is 20.6. The van der Waals surface area contributed by atoms with E-state index in [0.717, 1.165) is 0 Å². The summed E-state index contributed by atoms with van der Waals surface area (Å²) in [5, 5.41) is 32.8. The van der Waals surface area contributed by atoms with Crippen LogP contribution in [0.5, 0.6) is 0 Å². The van der Waals surface area contributed by atoms with Gasteiger partial charge < -0.3 is 112 Å². The number of aromatic nitrogens is 8. The molecule has 86 heavy (non-hydrogen) atoms. The second-order valence-electron chi connectivity index (χ2n) is 20.6. The van der Waals surface area contributed by atoms with Gasteiger partial charge in [0.15, 0.2) is 24.0 Å². The Morgan fingerprint density at radius 3 is 1.03 bits per heavy atom. The molecule has 0 spiro atoms. The molecule has 6 aromatic rings. The Bertz CT molecular complexity index is 3570. The summed E-state index contributed by atoms with van der Waals surface area (Å²) in [5.41, 5.74) is 14.1. The Kier molecular flexibility index (Phi) is 16.8. The fourth-order valence-electron chi connectivity index (χ4n) is 9.41. The molecule has 4 atom stereocenters. The number of imidazole rings is 2. The summed E-state index contributed by atoms with van der Waals surface area (Å²) in [6, 6.07) is 3.60. The maximum atomic E-state index is 13.5. The molecule has 9 rings (SSSR count). The number of rotatable bonds is 0. The average Bonchev–Trinajstić information content (AvgIpc) is 4.20. The highest BCUT2D eigenvalue weighted by Gasteiger charge is 2.33. The maximum absolute atomic E-state index is 13.5. The van der Waals surface area contributed by atoms with Crippen molar-refractivity contribution in [3.63, 3.8) is 0 Å². The SMILES string of the molecule is CN1C=C2NC(=O)[C@H](N)CCNC(=O)c3cc(cn3C)NC(=O)c3cc(cn3C)NC(=O)c3nc(cn3C)NC(=O)C3NC(=CN3C)NC(=O)[C@H](N)CCNC(=O)c3cc(cn3C)NC(=O)c3cc(cn3C)NC(=O)c3nc(cn3C)NC(=O)C1N2. The molecule has 16 N–H and O–H groups in total. The fourth-order valence-corrected chi connectivity index (χ4v) is 9.41. The topological polar surface area (TPSA) is 429 Å². The second kappa shape index (κ2) is 24.4. The Hall–Kier alpha value is -11.2. The molecule has 2 unspecified atom stereocenters. The standard InChI is InChI=1S/C52H64N24O10/c1-69-17-25-13-31(69)45(79)55-11-9-29(53)43(77)65-35-21-75(7)41(61-35)51(85)68-38-24-74(6)40(64-38)50(84)60-28-16-34(72(4)20-28)48(82)58-26-14-32(70(2)18-26)46(80)56-12-10-30(54)44(78)66-36-22-76(8)42(62-36)52(86)67-37-23-73(5)39(63-37)49(83)59-27-15-33(47(81)57-25)71(3)19-27/h13-24,29-30,41-42,61-62H,9-12,53-54H2,1-8H3,(H,55,79)(H,56,80)(H,57,81)(H,58,82)(H,59,83)(H,60,84)(H,65,77)(H,66,78)(H,67,86)(H,68,85)/t29-,30-,41?,42?/m1/s1. The number of likely N-dealkylation sites (N-methyl/N-ethyl adjacent to an activating group) is 2. The zero-order chi connectivity index (χ0) is 62.0. The zero-order valence-corrected chi connectivity index (χ0v) is 47.8. The van der Waals surface area contributed by atoms with Gasteiger partial charge in [0.1, 0.15) is 34.4 Å². The van der Waals surface area contributed by atoms with E-state index in [4.69, 9.17) is 11.5 Å². The molecule has 3 aliphatic rings. The molecular weight excluding hydrogens is 1120 g/mol. The van der Waals surface area contributed by atoms with Crippen molar-refractivity contribution < 1.29 is 47.9 Å². The van der Waals surface area contributed by atoms with Crippen molar-refractivity contribution in [2.75, 3.05) is 59.1 Å². The summed E-state index contributed by atoms with van der Waals surface area (Å²) in [6.07, 6.45) is 9.86. The first kappa shape index (κ1) is 59.5. The van der Waals surface area contributed by atoms with E-state index < -0.39 is 83.5 Å². The smallest absolute Gasteiger partial charge is 0.291 e. The molecule has 452 valence electrons. The van der Waals surface area contributed by atoms with Gasteiger partial charge in [-0.2, -0.15) is 0 Å². The van der Waals surface area contributed by atoms with Gasteiger partial charge in [0.25, 0.3) is 47.3 Å². The third kappa shape index (κ3) is 13.2. The van der Waals surface area contributed by atoms with Crippen LogP contribution in [0.4, 0.5) is 34.4 Å². The molecule has 10 amide bonds. The highest BCUT2D eigenvalue weighted by molar-refractivity contribution is 6.09. The molecular formula is C52H64N24O10.